The van der Waals surface area contributed by atoms with Crippen LogP contribution in [-0.2, 0) is 13.6 Å². The molecule has 0 aliphatic heterocycles. The number of aryl methyl sites for hydroxylation is 1. The van der Waals surface area contributed by atoms with Gasteiger partial charge in [-0.15, -0.1) is 0 Å². The Morgan fingerprint density at radius 3 is 2.55 bits per heavy atom. The van der Waals surface area contributed by atoms with Gasteiger partial charge in [0.05, 0.1) is 12.2 Å². The van der Waals surface area contributed by atoms with Crippen molar-refractivity contribution in [2.24, 2.45) is 7.05 Å². The smallest absolute Gasteiger partial charge is 0.259 e. The van der Waals surface area contributed by atoms with Crippen molar-refractivity contribution in [1.82, 2.24) is 15.2 Å². The molecule has 4 N–H and O–H groups in total. The number of allylic oxidation sites excluding steroid dienone is 3. The first-order chi connectivity index (χ1) is 14.7. The van der Waals surface area contributed by atoms with Crippen LogP contribution in [0.5, 0.6) is 0 Å². The van der Waals surface area contributed by atoms with E-state index in [4.69, 9.17) is 5.11 Å². The zero-order chi connectivity index (χ0) is 23.1. The number of rotatable bonds is 10. The van der Waals surface area contributed by atoms with Crippen LogP contribution in [0.1, 0.15) is 36.1 Å². The third-order valence-electron chi connectivity index (χ3n) is 5.46. The summed E-state index contributed by atoms with van der Waals surface area (Å²) in [5.41, 5.74) is 7.94. The maximum absolute atomic E-state index is 12.7. The molecular formula is C25H34N4O2. The van der Waals surface area contributed by atoms with Gasteiger partial charge in [0.1, 0.15) is 0 Å². The van der Waals surface area contributed by atoms with E-state index >= 15 is 0 Å². The second kappa shape index (κ2) is 10.8. The fraction of sp³-hybridized carbons (Fsp3) is 0.320. The highest BCUT2D eigenvalue weighted by Crippen LogP contribution is 2.29. The monoisotopic (exact) mass is 422 g/mol. The number of aliphatic hydroxyl groups excluding tert-OH is 1. The van der Waals surface area contributed by atoms with E-state index in [-0.39, 0.29) is 12.2 Å². The molecule has 0 bridgehead atoms. The molecule has 0 saturated carbocycles. The summed E-state index contributed by atoms with van der Waals surface area (Å²) in [6.07, 6.45) is 1.79. The summed E-state index contributed by atoms with van der Waals surface area (Å²) >= 11 is 0. The van der Waals surface area contributed by atoms with E-state index in [2.05, 4.69) is 42.1 Å². The molecule has 0 aliphatic carbocycles. The molecule has 31 heavy (non-hydrogen) atoms. The summed E-state index contributed by atoms with van der Waals surface area (Å²) in [5.74, 6) is 0. The van der Waals surface area contributed by atoms with E-state index in [0.29, 0.717) is 24.4 Å². The first-order valence-corrected chi connectivity index (χ1v) is 10.3. The van der Waals surface area contributed by atoms with Gasteiger partial charge in [0.25, 0.3) is 5.56 Å². The summed E-state index contributed by atoms with van der Waals surface area (Å²) in [4.78, 5) is 12.7. The number of aliphatic hydroxyl groups is 1. The molecule has 0 aliphatic rings. The molecule has 0 atom stereocenters. The Morgan fingerprint density at radius 1 is 1.19 bits per heavy atom. The zero-order valence-electron chi connectivity index (χ0n) is 19.2. The summed E-state index contributed by atoms with van der Waals surface area (Å²) in [6.45, 7) is 15.6. The van der Waals surface area contributed by atoms with Gasteiger partial charge in [-0.1, -0.05) is 25.3 Å². The van der Waals surface area contributed by atoms with Crippen molar-refractivity contribution < 1.29 is 5.11 Å². The molecule has 2 rings (SSSR count). The summed E-state index contributed by atoms with van der Waals surface area (Å²) in [5, 5.41) is 18.6. The van der Waals surface area contributed by atoms with E-state index in [9.17, 15) is 4.79 Å². The summed E-state index contributed by atoms with van der Waals surface area (Å²) in [6, 6.07) is 7.94. The number of benzene rings is 1. The first-order valence-electron chi connectivity index (χ1n) is 10.3. The molecule has 0 fully saturated rings. The number of nitrogens with one attached hydrogen (secondary N) is 3. The summed E-state index contributed by atoms with van der Waals surface area (Å²) in [7, 11) is 3.63. The average molecular weight is 423 g/mol. The van der Waals surface area contributed by atoms with Gasteiger partial charge in [-0.05, 0) is 60.7 Å². The lowest BCUT2D eigenvalue weighted by molar-refractivity contribution is 0.292. The van der Waals surface area contributed by atoms with Crippen LogP contribution in [-0.4, -0.2) is 29.9 Å². The Balaban J connectivity index is 2.29. The number of anilines is 1. The third-order valence-corrected chi connectivity index (χ3v) is 5.46. The maximum atomic E-state index is 12.7. The Morgan fingerprint density at radius 2 is 1.90 bits per heavy atom. The van der Waals surface area contributed by atoms with Crippen LogP contribution in [0, 0.1) is 6.92 Å². The van der Waals surface area contributed by atoms with Gasteiger partial charge in [-0.2, -0.15) is 0 Å². The van der Waals surface area contributed by atoms with Gasteiger partial charge >= 0.3 is 0 Å². The number of hydrogen-bond donors (Lipinski definition) is 4. The lowest BCUT2D eigenvalue weighted by atomic mass is 9.94. The topological polar surface area (TPSA) is 78.3 Å². The molecular weight excluding hydrogens is 388 g/mol. The van der Waals surface area contributed by atoms with Gasteiger partial charge in [0, 0.05) is 50.5 Å². The van der Waals surface area contributed by atoms with E-state index in [1.165, 1.54) is 0 Å². The highest BCUT2D eigenvalue weighted by atomic mass is 16.3. The SMILES string of the molecule is C=C(/C(C)=C(\C)NC(=C)c1cc(CNCCO)cn(C)c1=O)c1cccc(NC)c1C. The van der Waals surface area contributed by atoms with E-state index in [0.717, 1.165) is 39.2 Å². The highest BCUT2D eigenvalue weighted by Gasteiger charge is 2.13. The van der Waals surface area contributed by atoms with Gasteiger partial charge in [0.2, 0.25) is 0 Å². The Hall–Kier alpha value is -3.09. The second-order valence-electron chi connectivity index (χ2n) is 7.64. The molecule has 0 unspecified atom stereocenters. The van der Waals surface area contributed by atoms with Crippen LogP contribution in [0.15, 0.2) is 59.7 Å². The number of nitrogens with zero attached hydrogens (tertiary/aromatic N) is 1. The molecule has 6 heteroatoms. The predicted octanol–water partition coefficient (Wildman–Crippen LogP) is 3.38. The maximum Gasteiger partial charge on any atom is 0.259 e. The number of pyridine rings is 1. The van der Waals surface area contributed by atoms with Gasteiger partial charge in [-0.3, -0.25) is 4.79 Å². The molecule has 1 aromatic carbocycles. The molecule has 0 amide bonds. The van der Waals surface area contributed by atoms with Gasteiger partial charge in [-0.25, -0.2) is 0 Å². The number of aromatic nitrogens is 1. The lowest BCUT2D eigenvalue weighted by Gasteiger charge is -2.18. The van der Waals surface area contributed by atoms with Crippen LogP contribution in [0.25, 0.3) is 11.3 Å². The minimum atomic E-state index is -0.120. The van der Waals surface area contributed by atoms with Crippen molar-refractivity contribution >= 4 is 17.0 Å². The normalized spacial score (nSPS) is 11.7. The second-order valence-corrected chi connectivity index (χ2v) is 7.64. The van der Waals surface area contributed by atoms with E-state index < -0.39 is 0 Å². The van der Waals surface area contributed by atoms with Crippen molar-refractivity contribution in [3.05, 3.63) is 87.5 Å². The third kappa shape index (κ3) is 5.75. The average Bonchev–Trinajstić information content (AvgIpc) is 2.75. The molecule has 0 saturated heterocycles. The van der Waals surface area contributed by atoms with Gasteiger partial charge in [0.15, 0.2) is 0 Å². The van der Waals surface area contributed by atoms with Crippen LogP contribution in [0.2, 0.25) is 0 Å². The number of hydrogen-bond acceptors (Lipinski definition) is 5. The van der Waals surface area contributed by atoms with Crippen LogP contribution < -0.4 is 21.5 Å². The van der Waals surface area contributed by atoms with Crippen molar-refractivity contribution in [1.29, 1.82) is 0 Å². The standard InChI is InChI=1S/C25H34N4O2/c1-16(17(2)22-9-8-10-24(26-6)18(22)3)19(4)28-20(5)23-13-21(14-27-11-12-30)15-29(7)25(23)31/h8-10,13,15,26-28,30H,2,5,11-12,14H2,1,3-4,6-7H3/b19-16+. The molecule has 1 aromatic heterocycles. The fourth-order valence-electron chi connectivity index (χ4n) is 3.46. The van der Waals surface area contributed by atoms with Crippen molar-refractivity contribution in [3.8, 4) is 0 Å². The van der Waals surface area contributed by atoms with Crippen molar-refractivity contribution in [3.63, 3.8) is 0 Å². The minimum absolute atomic E-state index is 0.0662. The Bertz CT molecular complexity index is 1060. The molecule has 2 aromatic rings. The molecule has 166 valence electrons. The highest BCUT2D eigenvalue weighted by molar-refractivity contribution is 5.82. The zero-order valence-corrected chi connectivity index (χ0v) is 19.2. The minimum Gasteiger partial charge on any atom is -0.395 e. The molecule has 1 heterocycles. The van der Waals surface area contributed by atoms with Gasteiger partial charge < -0.3 is 25.6 Å². The van der Waals surface area contributed by atoms with E-state index in [1.807, 2.05) is 39.1 Å². The molecule has 6 nitrogen and oxygen atoms in total. The largest absolute Gasteiger partial charge is 0.395 e. The first kappa shape index (κ1) is 24.2. The van der Waals surface area contributed by atoms with E-state index in [1.54, 1.807) is 17.8 Å². The molecule has 0 spiro atoms. The lowest BCUT2D eigenvalue weighted by Crippen LogP contribution is -2.26. The van der Waals surface area contributed by atoms with Crippen LogP contribution in [0.3, 0.4) is 0 Å². The quantitative estimate of drug-likeness (QED) is 0.349. The Kier molecular flexibility index (Phi) is 8.42. The predicted molar refractivity (Wildman–Crippen MR) is 131 cm³/mol. The summed E-state index contributed by atoms with van der Waals surface area (Å²) < 4.78 is 1.55. The van der Waals surface area contributed by atoms with Crippen LogP contribution >= 0.6 is 0 Å². The fourth-order valence-corrected chi connectivity index (χ4v) is 3.46. The Labute approximate surface area is 185 Å². The van der Waals surface area contributed by atoms with Crippen molar-refractivity contribution in [2.75, 3.05) is 25.5 Å². The van der Waals surface area contributed by atoms with Crippen LogP contribution in [0.4, 0.5) is 5.69 Å². The molecule has 0 radical (unpaired) electrons. The van der Waals surface area contributed by atoms with Crippen molar-refractivity contribution in [2.45, 2.75) is 27.3 Å².